The first-order valence-corrected chi connectivity index (χ1v) is 4.81. The molecule has 1 fully saturated rings. The molecule has 15 heavy (non-hydrogen) atoms. The van der Waals surface area contributed by atoms with Crippen LogP contribution in [0, 0.1) is 5.41 Å². The van der Waals surface area contributed by atoms with E-state index in [9.17, 15) is 18.0 Å². The highest BCUT2D eigenvalue weighted by atomic mass is 19.4. The monoisotopic (exact) mass is 225 g/mol. The molecule has 1 aliphatic rings. The second-order valence-corrected chi connectivity index (χ2v) is 4.01. The number of aliphatic carboxylic acids is 1. The van der Waals surface area contributed by atoms with Crippen LogP contribution >= 0.6 is 0 Å². The molecular weight excluding hydrogens is 211 g/mol. The molecule has 6 heteroatoms. The van der Waals surface area contributed by atoms with E-state index in [-0.39, 0.29) is 13.1 Å². The molecule has 1 saturated heterocycles. The molecule has 88 valence electrons. The maximum absolute atomic E-state index is 12.1. The molecular formula is C9H14F3NO2. The van der Waals surface area contributed by atoms with Crippen molar-refractivity contribution in [3.8, 4) is 0 Å². The van der Waals surface area contributed by atoms with Gasteiger partial charge in [-0.1, -0.05) is 6.92 Å². The summed E-state index contributed by atoms with van der Waals surface area (Å²) in [4.78, 5) is 12.1. The molecule has 3 nitrogen and oxygen atoms in total. The number of carbonyl (C=O) groups is 1. The molecule has 1 heterocycles. The number of nitrogens with zero attached hydrogens (tertiary/aromatic N) is 1. The van der Waals surface area contributed by atoms with Crippen LogP contribution in [0.5, 0.6) is 0 Å². The summed E-state index contributed by atoms with van der Waals surface area (Å²) in [6.45, 7) is 0.894. The standard InChI is InChI=1S/C9H14F3NO2/c1-2-8(7(14)15)3-4-13(5-8)6-9(10,11)12/h2-6H2,1H3,(H,14,15). The first kappa shape index (κ1) is 12.3. The van der Waals surface area contributed by atoms with Gasteiger partial charge in [0.2, 0.25) is 0 Å². The Bertz CT molecular complexity index is 254. The summed E-state index contributed by atoms with van der Waals surface area (Å²) >= 11 is 0. The minimum Gasteiger partial charge on any atom is -0.481 e. The second kappa shape index (κ2) is 4.00. The molecule has 0 aliphatic carbocycles. The fourth-order valence-corrected chi connectivity index (χ4v) is 1.96. The number of hydrogen-bond acceptors (Lipinski definition) is 2. The van der Waals surface area contributed by atoms with Gasteiger partial charge < -0.3 is 5.11 Å². The normalized spacial score (nSPS) is 28.3. The van der Waals surface area contributed by atoms with Crippen molar-refractivity contribution in [2.75, 3.05) is 19.6 Å². The van der Waals surface area contributed by atoms with E-state index in [2.05, 4.69) is 0 Å². The quantitative estimate of drug-likeness (QED) is 0.795. The van der Waals surface area contributed by atoms with Crippen LogP contribution in [0.25, 0.3) is 0 Å². The minimum atomic E-state index is -4.25. The van der Waals surface area contributed by atoms with E-state index in [1.54, 1.807) is 6.92 Å². The third-order valence-electron chi connectivity index (χ3n) is 2.97. The number of halogens is 3. The smallest absolute Gasteiger partial charge is 0.401 e. The zero-order valence-electron chi connectivity index (χ0n) is 8.47. The first-order chi connectivity index (χ1) is 6.79. The van der Waals surface area contributed by atoms with E-state index in [0.29, 0.717) is 12.8 Å². The molecule has 0 spiro atoms. The lowest BCUT2D eigenvalue weighted by Crippen LogP contribution is -2.37. The number of rotatable bonds is 3. The largest absolute Gasteiger partial charge is 0.481 e. The Balaban J connectivity index is 2.61. The van der Waals surface area contributed by atoms with Crippen molar-refractivity contribution in [1.82, 2.24) is 4.90 Å². The molecule has 1 unspecified atom stereocenters. The summed E-state index contributed by atoms with van der Waals surface area (Å²) in [5.74, 6) is -0.991. The van der Waals surface area contributed by atoms with Crippen molar-refractivity contribution < 1.29 is 23.1 Å². The van der Waals surface area contributed by atoms with Crippen molar-refractivity contribution in [1.29, 1.82) is 0 Å². The summed E-state index contributed by atoms with van der Waals surface area (Å²) in [5.41, 5.74) is -0.981. The zero-order chi connectivity index (χ0) is 11.7. The third-order valence-corrected chi connectivity index (χ3v) is 2.97. The average Bonchev–Trinajstić information content (AvgIpc) is 2.46. The summed E-state index contributed by atoms with van der Waals surface area (Å²) in [6, 6.07) is 0. The summed E-state index contributed by atoms with van der Waals surface area (Å²) < 4.78 is 36.2. The molecule has 0 aromatic heterocycles. The number of likely N-dealkylation sites (tertiary alicyclic amines) is 1. The van der Waals surface area contributed by atoms with Gasteiger partial charge in [-0.25, -0.2) is 0 Å². The molecule has 1 aliphatic heterocycles. The molecule has 0 bridgehead atoms. The zero-order valence-corrected chi connectivity index (χ0v) is 8.47. The molecule has 0 aromatic carbocycles. The highest BCUT2D eigenvalue weighted by molar-refractivity contribution is 5.75. The summed E-state index contributed by atoms with van der Waals surface area (Å²) in [7, 11) is 0. The SMILES string of the molecule is CCC1(C(=O)O)CCN(CC(F)(F)F)C1. The van der Waals surface area contributed by atoms with Crippen LogP contribution in [0.1, 0.15) is 19.8 Å². The predicted molar refractivity (Wildman–Crippen MR) is 47.5 cm³/mol. The van der Waals surface area contributed by atoms with Gasteiger partial charge in [0, 0.05) is 6.54 Å². The molecule has 0 radical (unpaired) electrons. The van der Waals surface area contributed by atoms with Crippen LogP contribution in [0.3, 0.4) is 0 Å². The third kappa shape index (κ3) is 2.84. The van der Waals surface area contributed by atoms with Gasteiger partial charge in [0.15, 0.2) is 0 Å². The van der Waals surface area contributed by atoms with Gasteiger partial charge in [0.1, 0.15) is 0 Å². The van der Waals surface area contributed by atoms with Crippen LogP contribution in [-0.2, 0) is 4.79 Å². The van der Waals surface area contributed by atoms with E-state index < -0.39 is 24.1 Å². The Morgan fingerprint density at radius 3 is 2.47 bits per heavy atom. The van der Waals surface area contributed by atoms with Crippen molar-refractivity contribution in [2.24, 2.45) is 5.41 Å². The predicted octanol–water partition coefficient (Wildman–Crippen LogP) is 1.74. The van der Waals surface area contributed by atoms with Crippen LogP contribution in [-0.4, -0.2) is 41.8 Å². The number of alkyl halides is 3. The summed E-state index contributed by atoms with van der Waals surface area (Å²) in [5, 5.41) is 8.97. The lowest BCUT2D eigenvalue weighted by atomic mass is 9.84. The molecule has 0 amide bonds. The topological polar surface area (TPSA) is 40.5 Å². The van der Waals surface area contributed by atoms with Gasteiger partial charge >= 0.3 is 12.1 Å². The van der Waals surface area contributed by atoms with E-state index in [1.165, 1.54) is 0 Å². The minimum absolute atomic E-state index is 0.00164. The highest BCUT2D eigenvalue weighted by Crippen LogP contribution is 2.35. The van der Waals surface area contributed by atoms with E-state index >= 15 is 0 Å². The Morgan fingerprint density at radius 1 is 1.53 bits per heavy atom. The van der Waals surface area contributed by atoms with E-state index in [1.807, 2.05) is 0 Å². The van der Waals surface area contributed by atoms with Gasteiger partial charge in [-0.3, -0.25) is 9.69 Å². The number of carboxylic acid groups (broad SMARTS) is 1. The second-order valence-electron chi connectivity index (χ2n) is 4.01. The van der Waals surface area contributed by atoms with E-state index in [0.717, 1.165) is 4.90 Å². The van der Waals surface area contributed by atoms with E-state index in [4.69, 9.17) is 5.11 Å². The Labute approximate surface area is 85.9 Å². The fraction of sp³-hybridized carbons (Fsp3) is 0.889. The van der Waals surface area contributed by atoms with Crippen LogP contribution in [0.2, 0.25) is 0 Å². The van der Waals surface area contributed by atoms with Crippen LogP contribution in [0.15, 0.2) is 0 Å². The van der Waals surface area contributed by atoms with Gasteiger partial charge in [-0.15, -0.1) is 0 Å². The lowest BCUT2D eigenvalue weighted by Gasteiger charge is -2.23. The molecule has 0 aromatic rings. The maximum Gasteiger partial charge on any atom is 0.401 e. The number of hydrogen-bond donors (Lipinski definition) is 1. The average molecular weight is 225 g/mol. The van der Waals surface area contributed by atoms with Gasteiger partial charge in [0.25, 0.3) is 0 Å². The molecule has 1 rings (SSSR count). The first-order valence-electron chi connectivity index (χ1n) is 4.81. The Morgan fingerprint density at radius 2 is 2.13 bits per heavy atom. The van der Waals surface area contributed by atoms with Crippen LogP contribution in [0.4, 0.5) is 13.2 Å². The molecule has 1 N–H and O–H groups in total. The van der Waals surface area contributed by atoms with Crippen LogP contribution < -0.4 is 0 Å². The Hall–Kier alpha value is -0.780. The van der Waals surface area contributed by atoms with Crippen molar-refractivity contribution in [3.05, 3.63) is 0 Å². The van der Waals surface area contributed by atoms with Gasteiger partial charge in [-0.2, -0.15) is 13.2 Å². The van der Waals surface area contributed by atoms with Gasteiger partial charge in [0.05, 0.1) is 12.0 Å². The fourth-order valence-electron chi connectivity index (χ4n) is 1.96. The summed E-state index contributed by atoms with van der Waals surface area (Å²) in [6.07, 6.45) is -3.58. The van der Waals surface area contributed by atoms with Crippen molar-refractivity contribution >= 4 is 5.97 Å². The highest BCUT2D eigenvalue weighted by Gasteiger charge is 2.45. The maximum atomic E-state index is 12.1. The van der Waals surface area contributed by atoms with Crippen molar-refractivity contribution in [2.45, 2.75) is 25.9 Å². The molecule has 0 saturated carbocycles. The number of carboxylic acids is 1. The Kier molecular flexibility index (Phi) is 3.28. The van der Waals surface area contributed by atoms with Crippen molar-refractivity contribution in [3.63, 3.8) is 0 Å². The van der Waals surface area contributed by atoms with Gasteiger partial charge in [-0.05, 0) is 19.4 Å². The lowest BCUT2D eigenvalue weighted by molar-refractivity contribution is -0.153. The molecule has 1 atom stereocenters.